The van der Waals surface area contributed by atoms with Gasteiger partial charge in [0, 0.05) is 0 Å². The van der Waals surface area contributed by atoms with Crippen LogP contribution in [0, 0.1) is 17.5 Å². The van der Waals surface area contributed by atoms with Crippen LogP contribution in [0.5, 0.6) is 17.2 Å². The lowest BCUT2D eigenvalue weighted by Crippen LogP contribution is -2.32. The van der Waals surface area contributed by atoms with Gasteiger partial charge in [0.05, 0.1) is 26.5 Å². The van der Waals surface area contributed by atoms with E-state index in [9.17, 15) is 18.0 Å². The number of amides is 2. The van der Waals surface area contributed by atoms with Gasteiger partial charge < -0.3 is 24.8 Å². The van der Waals surface area contributed by atoms with Crippen molar-refractivity contribution in [2.24, 2.45) is 0 Å². The Morgan fingerprint density at radius 1 is 1.00 bits per heavy atom. The van der Waals surface area contributed by atoms with Gasteiger partial charge in [-0.15, -0.1) is 0 Å². The van der Waals surface area contributed by atoms with E-state index in [0.29, 0.717) is 23.3 Å². The molecular weight excluding hydrogens is 353 g/mol. The van der Waals surface area contributed by atoms with Crippen LogP contribution in [-0.2, 0) is 0 Å². The highest BCUT2D eigenvalue weighted by molar-refractivity contribution is 5.89. The third kappa shape index (κ3) is 4.50. The third-order valence-corrected chi connectivity index (χ3v) is 3.30. The molecule has 0 aliphatic heterocycles. The van der Waals surface area contributed by atoms with Gasteiger partial charge in [0.25, 0.3) is 0 Å². The molecule has 0 spiro atoms. The first-order valence-corrected chi connectivity index (χ1v) is 7.50. The van der Waals surface area contributed by atoms with E-state index in [4.69, 9.17) is 14.2 Å². The minimum atomic E-state index is -1.66. The van der Waals surface area contributed by atoms with E-state index in [0.717, 1.165) is 6.07 Å². The van der Waals surface area contributed by atoms with Gasteiger partial charge in [0.1, 0.15) is 6.61 Å². The van der Waals surface area contributed by atoms with Crippen molar-refractivity contribution < 1.29 is 32.2 Å². The smallest absolute Gasteiger partial charge is 0.319 e. The molecule has 0 aliphatic rings. The summed E-state index contributed by atoms with van der Waals surface area (Å²) in [6.07, 6.45) is 0. The number of carbonyl (C=O) groups excluding carboxylic acids is 1. The Kier molecular flexibility index (Phi) is 6.54. The number of urea groups is 1. The third-order valence-electron chi connectivity index (χ3n) is 3.30. The Hall–Kier alpha value is -3.10. The van der Waals surface area contributed by atoms with E-state index in [2.05, 4.69) is 10.6 Å². The van der Waals surface area contributed by atoms with Gasteiger partial charge in [-0.1, -0.05) is 6.07 Å². The van der Waals surface area contributed by atoms with Crippen LogP contribution in [0.1, 0.15) is 0 Å². The zero-order chi connectivity index (χ0) is 19.1. The molecule has 0 fully saturated rings. The summed E-state index contributed by atoms with van der Waals surface area (Å²) < 4.78 is 55.3. The van der Waals surface area contributed by atoms with Crippen LogP contribution >= 0.6 is 0 Å². The van der Waals surface area contributed by atoms with E-state index in [1.807, 2.05) is 0 Å². The van der Waals surface area contributed by atoms with E-state index >= 15 is 0 Å². The van der Waals surface area contributed by atoms with E-state index in [1.165, 1.54) is 14.2 Å². The van der Waals surface area contributed by atoms with E-state index in [-0.39, 0.29) is 13.2 Å². The zero-order valence-corrected chi connectivity index (χ0v) is 14.1. The van der Waals surface area contributed by atoms with Gasteiger partial charge in [0.2, 0.25) is 5.75 Å². The first kappa shape index (κ1) is 19.2. The number of hydrogen-bond donors (Lipinski definition) is 2. The van der Waals surface area contributed by atoms with Crippen molar-refractivity contribution in [1.82, 2.24) is 5.32 Å². The number of benzene rings is 2. The Morgan fingerprint density at radius 2 is 1.73 bits per heavy atom. The molecule has 0 aromatic heterocycles. The molecule has 0 bridgehead atoms. The molecule has 0 unspecified atom stereocenters. The lowest BCUT2D eigenvalue weighted by molar-refractivity contribution is 0.245. The van der Waals surface area contributed by atoms with Gasteiger partial charge >= 0.3 is 6.03 Å². The Balaban J connectivity index is 1.85. The number of hydrogen-bond acceptors (Lipinski definition) is 4. The summed E-state index contributed by atoms with van der Waals surface area (Å²) >= 11 is 0. The summed E-state index contributed by atoms with van der Waals surface area (Å²) in [6.45, 7) is 0.148. The van der Waals surface area contributed by atoms with Crippen molar-refractivity contribution in [3.05, 3.63) is 47.8 Å². The highest BCUT2D eigenvalue weighted by Crippen LogP contribution is 2.36. The van der Waals surface area contributed by atoms with Crippen LogP contribution in [0.2, 0.25) is 0 Å². The summed E-state index contributed by atoms with van der Waals surface area (Å²) in [5.41, 5.74) is -0.475. The topological polar surface area (TPSA) is 68.8 Å². The van der Waals surface area contributed by atoms with Gasteiger partial charge in [-0.25, -0.2) is 18.0 Å². The average Bonchev–Trinajstić information content (AvgIpc) is 2.65. The average molecular weight is 370 g/mol. The second kappa shape index (κ2) is 8.84. The number of nitrogens with one attached hydrogen (secondary N) is 2. The van der Waals surface area contributed by atoms with E-state index in [1.54, 1.807) is 18.2 Å². The van der Waals surface area contributed by atoms with Crippen LogP contribution in [0.4, 0.5) is 23.7 Å². The Labute approximate surface area is 147 Å². The highest BCUT2D eigenvalue weighted by atomic mass is 19.2. The number of carbonyl (C=O) groups is 1. The van der Waals surface area contributed by atoms with E-state index < -0.39 is 29.2 Å². The van der Waals surface area contributed by atoms with Crippen LogP contribution in [-0.4, -0.2) is 33.4 Å². The van der Waals surface area contributed by atoms with Crippen molar-refractivity contribution in [3.63, 3.8) is 0 Å². The molecule has 2 aromatic rings. The minimum absolute atomic E-state index is 0.0670. The summed E-state index contributed by atoms with van der Waals surface area (Å²) in [6, 6.07) is 5.92. The van der Waals surface area contributed by atoms with Gasteiger partial charge in [-0.3, -0.25) is 0 Å². The molecule has 2 N–H and O–H groups in total. The van der Waals surface area contributed by atoms with Crippen LogP contribution < -0.4 is 24.8 Å². The fourth-order valence-corrected chi connectivity index (χ4v) is 2.09. The Bertz CT molecular complexity index is 787. The van der Waals surface area contributed by atoms with Crippen molar-refractivity contribution >= 4 is 11.7 Å². The van der Waals surface area contributed by atoms with Crippen molar-refractivity contribution in [2.45, 2.75) is 0 Å². The van der Waals surface area contributed by atoms with Gasteiger partial charge in [-0.05, 0) is 24.3 Å². The molecule has 9 heteroatoms. The first-order chi connectivity index (χ1) is 12.5. The largest absolute Gasteiger partial charge is 0.493 e. The molecule has 0 saturated heterocycles. The Morgan fingerprint density at radius 3 is 2.42 bits per heavy atom. The van der Waals surface area contributed by atoms with Crippen molar-refractivity contribution in [3.8, 4) is 17.2 Å². The normalized spacial score (nSPS) is 10.2. The summed E-state index contributed by atoms with van der Waals surface area (Å²) in [5.74, 6) is -3.16. The number of ether oxygens (including phenoxy) is 3. The molecule has 0 atom stereocenters. The van der Waals surface area contributed by atoms with Crippen molar-refractivity contribution in [1.29, 1.82) is 0 Å². The molecule has 0 radical (unpaired) electrons. The fourth-order valence-electron chi connectivity index (χ4n) is 2.09. The van der Waals surface area contributed by atoms with Crippen LogP contribution in [0.3, 0.4) is 0 Å². The predicted molar refractivity (Wildman–Crippen MR) is 88.4 cm³/mol. The maximum absolute atomic E-state index is 13.5. The number of anilines is 1. The molecule has 0 saturated carbocycles. The summed E-state index contributed by atoms with van der Waals surface area (Å²) in [7, 11) is 2.96. The molecule has 6 nitrogen and oxygen atoms in total. The summed E-state index contributed by atoms with van der Waals surface area (Å²) in [4.78, 5) is 11.7. The van der Waals surface area contributed by atoms with Crippen LogP contribution in [0.25, 0.3) is 0 Å². The SMILES string of the molecule is COc1cccc(OCCNC(=O)Nc2ccc(F)c(F)c2F)c1OC. The number of methoxy groups -OCH3 is 2. The number of halogens is 3. The molecule has 26 heavy (non-hydrogen) atoms. The predicted octanol–water partition coefficient (Wildman–Crippen LogP) is 3.32. The van der Waals surface area contributed by atoms with Crippen molar-refractivity contribution in [2.75, 3.05) is 32.7 Å². The van der Waals surface area contributed by atoms with Gasteiger partial charge in [-0.2, -0.15) is 0 Å². The zero-order valence-electron chi connectivity index (χ0n) is 14.1. The second-order valence-electron chi connectivity index (χ2n) is 4.94. The van der Waals surface area contributed by atoms with Crippen LogP contribution in [0.15, 0.2) is 30.3 Å². The first-order valence-electron chi connectivity index (χ1n) is 7.50. The molecule has 140 valence electrons. The minimum Gasteiger partial charge on any atom is -0.493 e. The number of para-hydroxylation sites is 1. The lowest BCUT2D eigenvalue weighted by atomic mass is 10.3. The highest BCUT2D eigenvalue weighted by Gasteiger charge is 2.15. The quantitative estimate of drug-likeness (QED) is 0.580. The molecule has 2 amide bonds. The molecule has 0 aliphatic carbocycles. The lowest BCUT2D eigenvalue weighted by Gasteiger charge is -2.14. The second-order valence-corrected chi connectivity index (χ2v) is 4.94. The fraction of sp³-hybridized carbons (Fsp3) is 0.235. The maximum atomic E-state index is 13.5. The molecule has 2 rings (SSSR count). The monoisotopic (exact) mass is 370 g/mol. The molecule has 0 heterocycles. The molecular formula is C17H17F3N2O4. The number of rotatable bonds is 7. The summed E-state index contributed by atoms with van der Waals surface area (Å²) in [5, 5.41) is 4.48. The standard InChI is InChI=1S/C17H17F3N2O4/c1-24-12-4-3-5-13(16(12)25-2)26-9-8-21-17(23)22-11-7-6-10(18)14(19)15(11)20/h3-7H,8-9H2,1-2H3,(H2,21,22,23). The maximum Gasteiger partial charge on any atom is 0.319 e. The van der Waals surface area contributed by atoms with Gasteiger partial charge in [0.15, 0.2) is 29.0 Å². The molecule has 2 aromatic carbocycles.